The van der Waals surface area contributed by atoms with Gasteiger partial charge in [0.05, 0.1) is 0 Å². The molecule has 0 saturated heterocycles. The van der Waals surface area contributed by atoms with Crippen LogP contribution in [0.5, 0.6) is 0 Å². The fourth-order valence-corrected chi connectivity index (χ4v) is 3.48. The Hall–Kier alpha value is -1.24. The molecule has 0 bridgehead atoms. The minimum absolute atomic E-state index is 0. The predicted molar refractivity (Wildman–Crippen MR) is 135 cm³/mol. The van der Waals surface area contributed by atoms with E-state index >= 15 is 0 Å². The van der Waals surface area contributed by atoms with Crippen molar-refractivity contribution in [1.82, 2.24) is 0 Å². The van der Waals surface area contributed by atoms with Crippen LogP contribution in [0.1, 0.15) is 50.7 Å². The van der Waals surface area contributed by atoms with E-state index in [1.807, 2.05) is 0 Å². The first-order valence-electron chi connectivity index (χ1n) is 11.2. The van der Waals surface area contributed by atoms with Crippen molar-refractivity contribution in [1.29, 1.82) is 0 Å². The summed E-state index contributed by atoms with van der Waals surface area (Å²) in [4.78, 5) is 0. The molecule has 0 saturated carbocycles. The van der Waals surface area contributed by atoms with Crippen LogP contribution in [-0.2, 0) is 39.0 Å². The topological polar surface area (TPSA) is 0 Å². The molecule has 1 radical (unpaired) electrons. The molecule has 0 spiro atoms. The van der Waals surface area contributed by atoms with E-state index in [0.717, 1.165) is 9.52 Å². The Balaban J connectivity index is 0.000000258. The second kappa shape index (κ2) is 15.5. The van der Waals surface area contributed by atoms with Crippen LogP contribution in [0.15, 0.2) is 72.8 Å². The molecule has 0 aliphatic rings. The number of hydrogen-bond acceptors (Lipinski definition) is 0. The van der Waals surface area contributed by atoms with E-state index in [9.17, 15) is 0 Å². The van der Waals surface area contributed by atoms with Crippen molar-refractivity contribution in [3.05, 3.63) is 83.9 Å². The predicted octanol–water partition coefficient (Wildman–Crippen LogP) is 8.32. The largest absolute Gasteiger partial charge is 2.00 e. The van der Waals surface area contributed by atoms with Crippen LogP contribution in [0, 0.1) is 0 Å². The summed E-state index contributed by atoms with van der Waals surface area (Å²) in [5, 5.41) is 5.53. The van der Waals surface area contributed by atoms with Crippen molar-refractivity contribution in [2.24, 2.45) is 0 Å². The van der Waals surface area contributed by atoms with E-state index in [4.69, 9.17) is 0 Å². The molecule has 4 aromatic carbocycles. The van der Waals surface area contributed by atoms with E-state index < -0.39 is 0 Å². The molecular weight excluding hydrogens is 456 g/mol. The molecule has 30 heavy (non-hydrogen) atoms. The number of unbranched alkanes of at least 4 members (excludes halogenated alkanes) is 2. The maximum Gasteiger partial charge on any atom is 2.00 e. The second-order valence-electron chi connectivity index (χ2n) is 7.77. The summed E-state index contributed by atoms with van der Waals surface area (Å²) in [6.45, 7) is 8.89. The molecule has 4 aromatic rings. The van der Waals surface area contributed by atoms with Gasteiger partial charge in [-0.05, 0) is 12.8 Å². The van der Waals surface area contributed by atoms with E-state index in [-0.39, 0.29) is 26.2 Å². The Morgan fingerprint density at radius 1 is 0.667 bits per heavy atom. The molecular formula is C28H37SiZr. The number of aryl methyl sites for hydroxylation is 2. The first-order valence-corrected chi connectivity index (χ1v) is 13.5. The Kier molecular flexibility index (Phi) is 13.9. The van der Waals surface area contributed by atoms with Gasteiger partial charge in [0, 0.05) is 9.52 Å². The fraction of sp³-hybridized carbons (Fsp3) is 0.357. The molecule has 4 rings (SSSR count). The minimum Gasteiger partial charge on any atom is -0.165 e. The zero-order valence-corrected chi connectivity index (χ0v) is 22.9. The smallest absolute Gasteiger partial charge is 0.165 e. The third kappa shape index (κ3) is 8.86. The Labute approximate surface area is 205 Å². The van der Waals surface area contributed by atoms with Crippen molar-refractivity contribution in [2.45, 2.75) is 65.5 Å². The molecule has 0 atom stereocenters. The zero-order chi connectivity index (χ0) is 20.9. The maximum atomic E-state index is 2.31. The number of fused-ring (bicyclic) bond motifs is 2. The molecule has 0 aliphatic carbocycles. The van der Waals surface area contributed by atoms with Crippen molar-refractivity contribution >= 4 is 31.1 Å². The van der Waals surface area contributed by atoms with Crippen molar-refractivity contribution in [2.75, 3.05) is 0 Å². The SMILES string of the molecule is CCCCc1cc2ccccc2[cH-]1.CCCCc1cc2ccccc2[cH-]1.C[SiH]C.[Zr+2]. The first kappa shape index (κ1) is 26.8. The van der Waals surface area contributed by atoms with Gasteiger partial charge < -0.3 is 0 Å². The Bertz CT molecular complexity index is 803. The molecule has 0 unspecified atom stereocenters. The summed E-state index contributed by atoms with van der Waals surface area (Å²) in [7, 11) is 0.750. The van der Waals surface area contributed by atoms with E-state index in [1.54, 1.807) is 0 Å². The van der Waals surface area contributed by atoms with Crippen molar-refractivity contribution in [3.8, 4) is 0 Å². The minimum atomic E-state index is 0. The normalized spacial score (nSPS) is 10.0. The first-order chi connectivity index (χ1) is 14.2. The van der Waals surface area contributed by atoms with Crippen LogP contribution in [-0.4, -0.2) is 9.52 Å². The van der Waals surface area contributed by atoms with Gasteiger partial charge in [0.15, 0.2) is 0 Å². The van der Waals surface area contributed by atoms with Gasteiger partial charge in [0.2, 0.25) is 0 Å². The molecule has 0 heterocycles. The number of rotatable bonds is 6. The molecule has 0 N–H and O–H groups in total. The number of benzene rings is 2. The van der Waals surface area contributed by atoms with Crippen molar-refractivity contribution in [3.63, 3.8) is 0 Å². The third-order valence-electron chi connectivity index (χ3n) is 4.99. The van der Waals surface area contributed by atoms with Crippen LogP contribution in [0.4, 0.5) is 0 Å². The maximum absolute atomic E-state index is 2.31. The summed E-state index contributed by atoms with van der Waals surface area (Å²) >= 11 is 0. The van der Waals surface area contributed by atoms with Crippen LogP contribution in [0.2, 0.25) is 13.1 Å². The van der Waals surface area contributed by atoms with Crippen LogP contribution >= 0.6 is 0 Å². The van der Waals surface area contributed by atoms with Crippen LogP contribution in [0.25, 0.3) is 21.5 Å². The average molecular weight is 493 g/mol. The average Bonchev–Trinajstić information content (AvgIpc) is 3.35. The van der Waals surface area contributed by atoms with Gasteiger partial charge in [-0.1, -0.05) is 64.8 Å². The molecule has 0 fully saturated rings. The Morgan fingerprint density at radius 3 is 1.37 bits per heavy atom. The monoisotopic (exact) mass is 491 g/mol. The van der Waals surface area contributed by atoms with Gasteiger partial charge in [-0.3, -0.25) is 0 Å². The molecule has 157 valence electrons. The summed E-state index contributed by atoms with van der Waals surface area (Å²) in [6.07, 6.45) is 7.62. The summed E-state index contributed by atoms with van der Waals surface area (Å²) in [5.74, 6) is 0. The van der Waals surface area contributed by atoms with Gasteiger partial charge in [0.1, 0.15) is 0 Å². The van der Waals surface area contributed by atoms with Gasteiger partial charge in [-0.25, -0.2) is 0 Å². The molecule has 0 amide bonds. The standard InChI is InChI=1S/2C13H15.C2H7Si.Zr/c2*1-2-3-6-11-9-12-7-4-5-8-13(12)10-11;1-3-2;/h2*4-5,7-10H,2-3,6H2,1H3;3H,1-2H3;/q2*-1;;+2. The molecule has 0 aliphatic heterocycles. The zero-order valence-electron chi connectivity index (χ0n) is 19.2. The summed E-state index contributed by atoms with van der Waals surface area (Å²) in [5.41, 5.74) is 2.98. The van der Waals surface area contributed by atoms with E-state index in [2.05, 4.69) is 99.7 Å². The van der Waals surface area contributed by atoms with Gasteiger partial charge >= 0.3 is 26.2 Å². The fourth-order valence-electron chi connectivity index (χ4n) is 3.48. The third-order valence-corrected chi connectivity index (χ3v) is 4.99. The molecule has 2 heteroatoms. The van der Waals surface area contributed by atoms with E-state index in [1.165, 1.54) is 71.2 Å². The quantitative estimate of drug-likeness (QED) is 0.187. The van der Waals surface area contributed by atoms with Crippen LogP contribution in [0.3, 0.4) is 0 Å². The van der Waals surface area contributed by atoms with Gasteiger partial charge in [-0.2, -0.15) is 12.1 Å². The van der Waals surface area contributed by atoms with Gasteiger partial charge in [-0.15, -0.1) is 81.2 Å². The molecule has 0 nitrogen and oxygen atoms in total. The summed E-state index contributed by atoms with van der Waals surface area (Å²) in [6, 6.07) is 26.4. The van der Waals surface area contributed by atoms with Gasteiger partial charge in [0.25, 0.3) is 0 Å². The van der Waals surface area contributed by atoms with Crippen LogP contribution < -0.4 is 0 Å². The number of hydrogen-bond donors (Lipinski definition) is 0. The summed E-state index contributed by atoms with van der Waals surface area (Å²) < 4.78 is 0. The van der Waals surface area contributed by atoms with Crippen molar-refractivity contribution < 1.29 is 26.2 Å². The Morgan fingerprint density at radius 2 is 1.03 bits per heavy atom. The van der Waals surface area contributed by atoms with E-state index in [0.29, 0.717) is 0 Å². The second-order valence-corrected chi connectivity index (χ2v) is 8.92. The molecule has 0 aromatic heterocycles.